The van der Waals surface area contributed by atoms with Crippen LogP contribution in [0, 0.1) is 13.8 Å². The minimum atomic E-state index is -0.584. The van der Waals surface area contributed by atoms with Gasteiger partial charge in [0.1, 0.15) is 0 Å². The second kappa shape index (κ2) is 6.55. The first kappa shape index (κ1) is 14.7. The van der Waals surface area contributed by atoms with E-state index in [4.69, 9.17) is 5.11 Å². The van der Waals surface area contributed by atoms with E-state index < -0.39 is 6.10 Å². The number of aliphatic hydroxyl groups is 1. The maximum Gasteiger partial charge on any atom is 0.222 e. The summed E-state index contributed by atoms with van der Waals surface area (Å²) in [6, 6.07) is 6.44. The van der Waals surface area contributed by atoms with Gasteiger partial charge in [0.2, 0.25) is 5.91 Å². The molecule has 0 aliphatic carbocycles. The number of benzene rings is 1. The SMILES string of the molecule is Cc1ccc(CC(C)NC(=O)CC(C)O)cc1C. The van der Waals surface area contributed by atoms with Crippen LogP contribution in [-0.2, 0) is 11.2 Å². The molecule has 100 valence electrons. The van der Waals surface area contributed by atoms with Gasteiger partial charge in [-0.25, -0.2) is 0 Å². The van der Waals surface area contributed by atoms with Crippen LogP contribution in [0.2, 0.25) is 0 Å². The van der Waals surface area contributed by atoms with Crippen molar-refractivity contribution in [3.05, 3.63) is 34.9 Å². The minimum absolute atomic E-state index is 0.0818. The zero-order valence-corrected chi connectivity index (χ0v) is 11.7. The summed E-state index contributed by atoms with van der Waals surface area (Å²) in [5.41, 5.74) is 3.78. The Labute approximate surface area is 109 Å². The van der Waals surface area contributed by atoms with Crippen LogP contribution in [0.25, 0.3) is 0 Å². The Kier molecular flexibility index (Phi) is 5.35. The summed E-state index contributed by atoms with van der Waals surface area (Å²) in [5.74, 6) is -0.0960. The fourth-order valence-electron chi connectivity index (χ4n) is 1.94. The normalized spacial score (nSPS) is 14.1. The van der Waals surface area contributed by atoms with Gasteiger partial charge in [0.05, 0.1) is 12.5 Å². The average molecular weight is 249 g/mol. The summed E-state index contributed by atoms with van der Waals surface area (Å²) in [6.07, 6.45) is 0.392. The van der Waals surface area contributed by atoms with Crippen LogP contribution >= 0.6 is 0 Å². The van der Waals surface area contributed by atoms with E-state index >= 15 is 0 Å². The van der Waals surface area contributed by atoms with Crippen LogP contribution in [0.5, 0.6) is 0 Å². The van der Waals surface area contributed by atoms with Crippen LogP contribution in [-0.4, -0.2) is 23.2 Å². The molecule has 1 amide bonds. The topological polar surface area (TPSA) is 49.3 Å². The second-order valence-electron chi connectivity index (χ2n) is 5.14. The van der Waals surface area contributed by atoms with Gasteiger partial charge in [0.25, 0.3) is 0 Å². The summed E-state index contributed by atoms with van der Waals surface area (Å²) in [5, 5.41) is 12.0. The molecule has 3 nitrogen and oxygen atoms in total. The Morgan fingerprint density at radius 3 is 2.50 bits per heavy atom. The maximum atomic E-state index is 11.5. The van der Waals surface area contributed by atoms with Gasteiger partial charge in [-0.05, 0) is 50.8 Å². The molecule has 0 bridgehead atoms. The van der Waals surface area contributed by atoms with Crippen LogP contribution in [0.15, 0.2) is 18.2 Å². The Morgan fingerprint density at radius 2 is 1.94 bits per heavy atom. The molecule has 2 N–H and O–H groups in total. The van der Waals surface area contributed by atoms with Crippen molar-refractivity contribution >= 4 is 5.91 Å². The quantitative estimate of drug-likeness (QED) is 0.840. The number of aliphatic hydroxyl groups excluding tert-OH is 1. The number of amides is 1. The fourth-order valence-corrected chi connectivity index (χ4v) is 1.94. The lowest BCUT2D eigenvalue weighted by atomic mass is 10.0. The van der Waals surface area contributed by atoms with Crippen molar-refractivity contribution in [1.29, 1.82) is 0 Å². The third-order valence-electron chi connectivity index (χ3n) is 3.00. The van der Waals surface area contributed by atoms with Gasteiger partial charge in [-0.15, -0.1) is 0 Å². The first-order valence-corrected chi connectivity index (χ1v) is 6.42. The van der Waals surface area contributed by atoms with Gasteiger partial charge in [-0.3, -0.25) is 4.79 Å². The number of aryl methyl sites for hydroxylation is 2. The van der Waals surface area contributed by atoms with Gasteiger partial charge in [0, 0.05) is 6.04 Å². The number of carbonyl (C=O) groups excluding carboxylic acids is 1. The molecular weight excluding hydrogens is 226 g/mol. The number of carbonyl (C=O) groups is 1. The zero-order chi connectivity index (χ0) is 13.7. The van der Waals surface area contributed by atoms with E-state index in [1.807, 2.05) is 6.92 Å². The lowest BCUT2D eigenvalue weighted by Crippen LogP contribution is -2.35. The molecule has 1 aromatic carbocycles. The van der Waals surface area contributed by atoms with E-state index in [1.165, 1.54) is 16.7 Å². The van der Waals surface area contributed by atoms with Gasteiger partial charge < -0.3 is 10.4 Å². The molecule has 2 unspecified atom stereocenters. The predicted molar refractivity (Wildman–Crippen MR) is 73.5 cm³/mol. The van der Waals surface area contributed by atoms with E-state index in [0.29, 0.717) is 0 Å². The van der Waals surface area contributed by atoms with Crippen molar-refractivity contribution in [2.45, 2.75) is 52.7 Å². The standard InChI is InChI=1S/C15H23NO2/c1-10-5-6-14(7-11(10)2)8-12(3)16-15(18)9-13(4)17/h5-7,12-13,17H,8-9H2,1-4H3,(H,16,18). The van der Waals surface area contributed by atoms with Gasteiger partial charge in [0.15, 0.2) is 0 Å². The van der Waals surface area contributed by atoms with Crippen molar-refractivity contribution in [1.82, 2.24) is 5.32 Å². The Hall–Kier alpha value is -1.35. The molecule has 0 spiro atoms. The monoisotopic (exact) mass is 249 g/mol. The van der Waals surface area contributed by atoms with Gasteiger partial charge in [-0.2, -0.15) is 0 Å². The molecule has 0 fully saturated rings. The molecule has 2 atom stereocenters. The summed E-state index contributed by atoms with van der Waals surface area (Å²) in [6.45, 7) is 7.78. The van der Waals surface area contributed by atoms with Gasteiger partial charge >= 0.3 is 0 Å². The highest BCUT2D eigenvalue weighted by molar-refractivity contribution is 5.76. The lowest BCUT2D eigenvalue weighted by molar-refractivity contribution is -0.123. The Morgan fingerprint density at radius 1 is 1.28 bits per heavy atom. The lowest BCUT2D eigenvalue weighted by Gasteiger charge is -2.15. The van der Waals surface area contributed by atoms with E-state index in [2.05, 4.69) is 37.4 Å². The van der Waals surface area contributed by atoms with Crippen molar-refractivity contribution in [2.24, 2.45) is 0 Å². The Bertz CT molecular complexity index is 413. The molecule has 0 aromatic heterocycles. The molecule has 3 heteroatoms. The second-order valence-corrected chi connectivity index (χ2v) is 5.14. The molecule has 18 heavy (non-hydrogen) atoms. The highest BCUT2D eigenvalue weighted by atomic mass is 16.3. The van der Waals surface area contributed by atoms with Crippen molar-refractivity contribution in [3.63, 3.8) is 0 Å². The predicted octanol–water partition coefficient (Wildman–Crippen LogP) is 2.12. The third kappa shape index (κ3) is 4.88. The molecule has 1 rings (SSSR count). The highest BCUT2D eigenvalue weighted by Crippen LogP contribution is 2.11. The van der Waals surface area contributed by atoms with E-state index in [1.54, 1.807) is 6.92 Å². The van der Waals surface area contributed by atoms with E-state index in [0.717, 1.165) is 6.42 Å². The molecule has 0 saturated carbocycles. The summed E-state index contributed by atoms with van der Waals surface area (Å²) >= 11 is 0. The first-order chi connectivity index (χ1) is 8.38. The Balaban J connectivity index is 2.51. The van der Waals surface area contributed by atoms with Crippen molar-refractivity contribution < 1.29 is 9.90 Å². The summed E-state index contributed by atoms with van der Waals surface area (Å²) in [7, 11) is 0. The molecule has 0 heterocycles. The summed E-state index contributed by atoms with van der Waals surface area (Å²) < 4.78 is 0. The van der Waals surface area contributed by atoms with Crippen molar-refractivity contribution in [3.8, 4) is 0 Å². The third-order valence-corrected chi connectivity index (χ3v) is 3.00. The first-order valence-electron chi connectivity index (χ1n) is 6.42. The van der Waals surface area contributed by atoms with Crippen LogP contribution in [0.3, 0.4) is 0 Å². The summed E-state index contributed by atoms with van der Waals surface area (Å²) in [4.78, 5) is 11.5. The fraction of sp³-hybridized carbons (Fsp3) is 0.533. The van der Waals surface area contributed by atoms with Crippen LogP contribution in [0.4, 0.5) is 0 Å². The van der Waals surface area contributed by atoms with Crippen LogP contribution in [0.1, 0.15) is 37.0 Å². The number of nitrogens with one attached hydrogen (secondary N) is 1. The largest absolute Gasteiger partial charge is 0.393 e. The zero-order valence-electron chi connectivity index (χ0n) is 11.7. The molecular formula is C15H23NO2. The molecule has 1 aromatic rings. The number of hydrogen-bond acceptors (Lipinski definition) is 2. The average Bonchev–Trinajstić information content (AvgIpc) is 2.21. The highest BCUT2D eigenvalue weighted by Gasteiger charge is 2.10. The smallest absolute Gasteiger partial charge is 0.222 e. The molecule has 0 aliphatic rings. The van der Waals surface area contributed by atoms with Crippen molar-refractivity contribution in [2.75, 3.05) is 0 Å². The number of rotatable bonds is 5. The van der Waals surface area contributed by atoms with Crippen LogP contribution < -0.4 is 5.32 Å². The molecule has 0 radical (unpaired) electrons. The van der Waals surface area contributed by atoms with Gasteiger partial charge in [-0.1, -0.05) is 18.2 Å². The molecule has 0 saturated heterocycles. The minimum Gasteiger partial charge on any atom is -0.393 e. The van der Waals surface area contributed by atoms with E-state index in [9.17, 15) is 4.79 Å². The molecule has 0 aliphatic heterocycles. The maximum absolute atomic E-state index is 11.5. The van der Waals surface area contributed by atoms with E-state index in [-0.39, 0.29) is 18.4 Å². The number of hydrogen-bond donors (Lipinski definition) is 2.